The number of hydrogen-bond acceptors (Lipinski definition) is 4. The van der Waals surface area contributed by atoms with Gasteiger partial charge in [0.15, 0.2) is 0 Å². The van der Waals surface area contributed by atoms with Crippen LogP contribution in [0, 0.1) is 34.6 Å². The zero-order valence-electron chi connectivity index (χ0n) is 22.4. The van der Waals surface area contributed by atoms with Crippen LogP contribution in [0.3, 0.4) is 0 Å². The van der Waals surface area contributed by atoms with Crippen molar-refractivity contribution in [2.45, 2.75) is 52.0 Å². The number of nitrogens with one attached hydrogen (secondary N) is 1. The Morgan fingerprint density at radius 2 is 1.46 bits per heavy atom. The van der Waals surface area contributed by atoms with Crippen LogP contribution in [0.15, 0.2) is 65.6 Å². The Labute approximate surface area is 221 Å². The van der Waals surface area contributed by atoms with Gasteiger partial charge in [-0.3, -0.25) is 4.79 Å². The summed E-state index contributed by atoms with van der Waals surface area (Å²) in [5.41, 5.74) is 6.97. The van der Waals surface area contributed by atoms with E-state index in [1.807, 2.05) is 49.4 Å². The number of carbonyl (C=O) groups excluding carboxylic acids is 1. The number of benzene rings is 3. The molecule has 1 heterocycles. The van der Waals surface area contributed by atoms with Crippen LogP contribution >= 0.6 is 0 Å². The molecule has 1 aliphatic rings. The van der Waals surface area contributed by atoms with E-state index >= 15 is 0 Å². The van der Waals surface area contributed by atoms with E-state index in [4.69, 9.17) is 0 Å². The van der Waals surface area contributed by atoms with Crippen LogP contribution in [0.25, 0.3) is 0 Å². The zero-order valence-corrected chi connectivity index (χ0v) is 23.2. The molecule has 1 amide bonds. The number of piperazine rings is 1. The van der Waals surface area contributed by atoms with Crippen molar-refractivity contribution in [1.29, 1.82) is 0 Å². The van der Waals surface area contributed by atoms with Crippen molar-refractivity contribution in [3.05, 3.63) is 94.0 Å². The fraction of sp³-hybridized carbons (Fsp3) is 0.367. The van der Waals surface area contributed by atoms with Crippen LogP contribution in [-0.2, 0) is 21.2 Å². The Morgan fingerprint density at radius 1 is 0.838 bits per heavy atom. The summed E-state index contributed by atoms with van der Waals surface area (Å²) in [7, 11) is -3.91. The topological polar surface area (TPSA) is 69.7 Å². The van der Waals surface area contributed by atoms with E-state index in [1.165, 1.54) is 16.8 Å². The third kappa shape index (κ3) is 6.05. The molecule has 1 atom stereocenters. The second-order valence-corrected chi connectivity index (χ2v) is 11.8. The van der Waals surface area contributed by atoms with Crippen molar-refractivity contribution in [2.24, 2.45) is 0 Å². The van der Waals surface area contributed by atoms with E-state index in [1.54, 1.807) is 18.7 Å². The Morgan fingerprint density at radius 3 is 2.08 bits per heavy atom. The van der Waals surface area contributed by atoms with E-state index in [9.17, 15) is 13.2 Å². The molecule has 196 valence electrons. The fourth-order valence-corrected chi connectivity index (χ4v) is 6.97. The second-order valence-electron chi connectivity index (χ2n) is 10.1. The quantitative estimate of drug-likeness (QED) is 0.500. The molecule has 37 heavy (non-hydrogen) atoms. The van der Waals surface area contributed by atoms with Crippen LogP contribution in [0.5, 0.6) is 0 Å². The van der Waals surface area contributed by atoms with Gasteiger partial charge in [-0.1, -0.05) is 60.2 Å². The highest BCUT2D eigenvalue weighted by Crippen LogP contribution is 2.25. The molecule has 0 saturated carbocycles. The summed E-state index contributed by atoms with van der Waals surface area (Å²) in [6.07, 6.45) is 0.292. The molecule has 1 fully saturated rings. The molecule has 0 radical (unpaired) electrons. The van der Waals surface area contributed by atoms with Gasteiger partial charge in [0.05, 0.1) is 4.90 Å². The zero-order chi connectivity index (χ0) is 26.7. The maximum atomic E-state index is 13.8. The number of aryl methyl sites for hydroxylation is 4. The molecule has 7 heteroatoms. The molecule has 0 aliphatic carbocycles. The first-order chi connectivity index (χ1) is 17.6. The highest BCUT2D eigenvalue weighted by Gasteiger charge is 2.32. The molecule has 0 spiro atoms. The van der Waals surface area contributed by atoms with Crippen LogP contribution < -0.4 is 9.62 Å². The highest BCUT2D eigenvalue weighted by molar-refractivity contribution is 7.89. The monoisotopic (exact) mass is 519 g/mol. The Kier molecular flexibility index (Phi) is 8.05. The molecular weight excluding hydrogens is 482 g/mol. The molecule has 3 aromatic rings. The summed E-state index contributed by atoms with van der Waals surface area (Å²) < 4.78 is 30.0. The molecule has 0 unspecified atom stereocenters. The normalized spacial score (nSPS) is 15.1. The number of anilines is 1. The fourth-order valence-electron chi connectivity index (χ4n) is 5.33. The minimum atomic E-state index is -3.91. The van der Waals surface area contributed by atoms with Crippen molar-refractivity contribution < 1.29 is 13.2 Å². The number of sulfonamides is 1. The predicted octanol–water partition coefficient (Wildman–Crippen LogP) is 4.47. The van der Waals surface area contributed by atoms with Crippen molar-refractivity contribution in [3.8, 4) is 0 Å². The van der Waals surface area contributed by atoms with Gasteiger partial charge in [-0.25, -0.2) is 8.42 Å². The van der Waals surface area contributed by atoms with Gasteiger partial charge in [-0.15, -0.1) is 0 Å². The lowest BCUT2D eigenvalue weighted by molar-refractivity contribution is -0.133. The average Bonchev–Trinajstić information content (AvgIpc) is 2.84. The summed E-state index contributed by atoms with van der Waals surface area (Å²) in [6, 6.07) is 18.7. The van der Waals surface area contributed by atoms with Crippen LogP contribution in [0.2, 0.25) is 0 Å². The van der Waals surface area contributed by atoms with Gasteiger partial charge in [0, 0.05) is 31.9 Å². The molecule has 4 rings (SSSR count). The molecule has 1 aliphatic heterocycles. The van der Waals surface area contributed by atoms with Gasteiger partial charge < -0.3 is 9.80 Å². The largest absolute Gasteiger partial charge is 0.368 e. The average molecular weight is 520 g/mol. The van der Waals surface area contributed by atoms with E-state index in [2.05, 4.69) is 41.7 Å². The van der Waals surface area contributed by atoms with Crippen LogP contribution in [-0.4, -0.2) is 51.4 Å². The minimum absolute atomic E-state index is 0.185. The number of rotatable bonds is 7. The van der Waals surface area contributed by atoms with E-state index in [0.29, 0.717) is 43.7 Å². The third-order valence-electron chi connectivity index (χ3n) is 7.26. The molecule has 0 bridgehead atoms. The lowest BCUT2D eigenvalue weighted by atomic mass is 10.0. The van der Waals surface area contributed by atoms with Crippen molar-refractivity contribution in [1.82, 2.24) is 9.62 Å². The number of hydrogen-bond donors (Lipinski definition) is 1. The smallest absolute Gasteiger partial charge is 0.241 e. The van der Waals surface area contributed by atoms with Gasteiger partial charge in [0.2, 0.25) is 15.9 Å². The van der Waals surface area contributed by atoms with E-state index in [-0.39, 0.29) is 10.8 Å². The van der Waals surface area contributed by atoms with E-state index < -0.39 is 16.1 Å². The first-order valence-corrected chi connectivity index (χ1v) is 14.3. The summed E-state index contributed by atoms with van der Waals surface area (Å²) in [5.74, 6) is -0.185. The lowest BCUT2D eigenvalue weighted by Crippen LogP contribution is -2.55. The number of carbonyl (C=O) groups is 1. The number of amides is 1. The molecule has 1 N–H and O–H groups in total. The summed E-state index contributed by atoms with van der Waals surface area (Å²) in [6.45, 7) is 12.3. The third-order valence-corrected chi connectivity index (χ3v) is 9.04. The van der Waals surface area contributed by atoms with E-state index in [0.717, 1.165) is 11.1 Å². The van der Waals surface area contributed by atoms with Gasteiger partial charge in [-0.05, 0) is 74.9 Å². The minimum Gasteiger partial charge on any atom is -0.368 e. The second kappa shape index (κ2) is 11.1. The first kappa shape index (κ1) is 26.9. The summed E-state index contributed by atoms with van der Waals surface area (Å²) in [5, 5.41) is 0. The molecular formula is C30H37N3O3S. The maximum Gasteiger partial charge on any atom is 0.241 e. The van der Waals surface area contributed by atoms with Crippen LogP contribution in [0.1, 0.15) is 33.4 Å². The highest BCUT2D eigenvalue weighted by atomic mass is 32.2. The van der Waals surface area contributed by atoms with Gasteiger partial charge >= 0.3 is 0 Å². The predicted molar refractivity (Wildman–Crippen MR) is 150 cm³/mol. The van der Waals surface area contributed by atoms with Gasteiger partial charge in [0.25, 0.3) is 0 Å². The standard InChI is InChI=1S/C30H37N3O3S/c1-21-18-23(3)29(24(4)19-21)37(35,36)31-27(20-26-11-7-6-8-12-26)30(34)33-16-14-32(15-17-33)28-13-9-10-22(2)25(28)5/h6-13,18-19,27,31H,14-17,20H2,1-5H3/t27-/m1/s1. The number of nitrogens with zero attached hydrogens (tertiary/aromatic N) is 2. The summed E-state index contributed by atoms with van der Waals surface area (Å²) in [4.78, 5) is 18.1. The van der Waals surface area contributed by atoms with Crippen molar-refractivity contribution in [2.75, 3.05) is 31.1 Å². The maximum absolute atomic E-state index is 13.8. The molecule has 3 aromatic carbocycles. The Hall–Kier alpha value is -3.16. The van der Waals surface area contributed by atoms with Gasteiger partial charge in [0.1, 0.15) is 6.04 Å². The van der Waals surface area contributed by atoms with Gasteiger partial charge in [-0.2, -0.15) is 4.72 Å². The first-order valence-electron chi connectivity index (χ1n) is 12.8. The molecule has 6 nitrogen and oxygen atoms in total. The Bertz CT molecular complexity index is 1360. The lowest BCUT2D eigenvalue weighted by Gasteiger charge is -2.38. The Balaban J connectivity index is 1.56. The molecule has 0 aromatic heterocycles. The summed E-state index contributed by atoms with van der Waals surface area (Å²) >= 11 is 0. The SMILES string of the molecule is Cc1cc(C)c(S(=O)(=O)N[C@H](Cc2ccccc2)C(=O)N2CCN(c3cccc(C)c3C)CC2)c(C)c1. The molecule has 1 saturated heterocycles. The van der Waals surface area contributed by atoms with Crippen molar-refractivity contribution >= 4 is 21.6 Å². The van der Waals surface area contributed by atoms with Crippen LogP contribution in [0.4, 0.5) is 5.69 Å². The van der Waals surface area contributed by atoms with Crippen molar-refractivity contribution in [3.63, 3.8) is 0 Å².